The van der Waals surface area contributed by atoms with Crippen LogP contribution in [0.25, 0.3) is 0 Å². The Morgan fingerprint density at radius 1 is 1.15 bits per heavy atom. The van der Waals surface area contributed by atoms with Gasteiger partial charge in [0.15, 0.2) is 0 Å². The van der Waals surface area contributed by atoms with Crippen molar-refractivity contribution < 1.29 is 9.59 Å². The molecule has 0 aromatic heterocycles. The lowest BCUT2D eigenvalue weighted by molar-refractivity contribution is -0.146. The molecule has 1 aliphatic carbocycles. The maximum absolute atomic E-state index is 12.8. The Balaban J connectivity index is 2.09. The van der Waals surface area contributed by atoms with E-state index in [-0.39, 0.29) is 29.8 Å². The Morgan fingerprint density at radius 3 is 2.50 bits per heavy atom. The Bertz CT molecular complexity index is 383. The third-order valence-corrected chi connectivity index (χ3v) is 4.88. The Morgan fingerprint density at radius 2 is 1.85 bits per heavy atom. The molecular weight excluding hydrogens is 254 g/mol. The monoisotopic (exact) mass is 281 g/mol. The molecule has 2 fully saturated rings. The SMILES string of the molecule is CC1CCCC(C(=O)N2CCCC2C(=O)N(C)C)C1N. The van der Waals surface area contributed by atoms with Crippen molar-refractivity contribution >= 4 is 11.8 Å². The number of hydrogen-bond acceptors (Lipinski definition) is 3. The summed E-state index contributed by atoms with van der Waals surface area (Å²) in [6.07, 6.45) is 4.72. The zero-order valence-electron chi connectivity index (χ0n) is 12.8. The van der Waals surface area contributed by atoms with Crippen molar-refractivity contribution in [2.24, 2.45) is 17.6 Å². The lowest BCUT2D eigenvalue weighted by Crippen LogP contribution is -2.52. The first kappa shape index (κ1) is 15.3. The van der Waals surface area contributed by atoms with Gasteiger partial charge in [-0.05, 0) is 31.6 Å². The van der Waals surface area contributed by atoms with Gasteiger partial charge < -0.3 is 15.5 Å². The second kappa shape index (κ2) is 6.12. The molecule has 0 aromatic rings. The topological polar surface area (TPSA) is 66.6 Å². The fourth-order valence-electron chi connectivity index (χ4n) is 3.53. The van der Waals surface area contributed by atoms with Crippen LogP contribution in [0, 0.1) is 11.8 Å². The fraction of sp³-hybridized carbons (Fsp3) is 0.867. The van der Waals surface area contributed by atoms with E-state index in [4.69, 9.17) is 5.73 Å². The van der Waals surface area contributed by atoms with E-state index in [2.05, 4.69) is 6.92 Å². The van der Waals surface area contributed by atoms with Crippen molar-refractivity contribution in [3.05, 3.63) is 0 Å². The summed E-state index contributed by atoms with van der Waals surface area (Å²) in [6.45, 7) is 2.82. The zero-order valence-corrected chi connectivity index (χ0v) is 12.8. The molecular formula is C15H27N3O2. The number of nitrogens with zero attached hydrogens (tertiary/aromatic N) is 2. The van der Waals surface area contributed by atoms with Crippen LogP contribution in [-0.2, 0) is 9.59 Å². The Hall–Kier alpha value is -1.10. The smallest absolute Gasteiger partial charge is 0.244 e. The number of rotatable bonds is 2. The second-order valence-electron chi connectivity index (χ2n) is 6.51. The van der Waals surface area contributed by atoms with E-state index >= 15 is 0 Å². The highest BCUT2D eigenvalue weighted by atomic mass is 16.2. The van der Waals surface area contributed by atoms with Crippen LogP contribution in [0.5, 0.6) is 0 Å². The minimum absolute atomic E-state index is 0.0354. The minimum Gasteiger partial charge on any atom is -0.347 e. The summed E-state index contributed by atoms with van der Waals surface area (Å²) in [4.78, 5) is 28.3. The molecule has 0 aromatic carbocycles. The third-order valence-electron chi connectivity index (χ3n) is 4.88. The van der Waals surface area contributed by atoms with Crippen LogP contribution < -0.4 is 5.73 Å². The highest BCUT2D eigenvalue weighted by molar-refractivity contribution is 5.89. The van der Waals surface area contributed by atoms with Gasteiger partial charge in [0, 0.05) is 26.7 Å². The molecule has 2 rings (SSSR count). The first-order chi connectivity index (χ1) is 9.43. The van der Waals surface area contributed by atoms with Crippen LogP contribution in [0.1, 0.15) is 39.0 Å². The van der Waals surface area contributed by atoms with E-state index in [9.17, 15) is 9.59 Å². The highest BCUT2D eigenvalue weighted by Gasteiger charge is 2.41. The average molecular weight is 281 g/mol. The summed E-state index contributed by atoms with van der Waals surface area (Å²) in [5.41, 5.74) is 6.23. The van der Waals surface area contributed by atoms with Crippen LogP contribution in [0.2, 0.25) is 0 Å². The maximum atomic E-state index is 12.8. The summed E-state index contributed by atoms with van der Waals surface area (Å²) < 4.78 is 0. The third kappa shape index (κ3) is 2.82. The second-order valence-corrected chi connectivity index (χ2v) is 6.51. The van der Waals surface area contributed by atoms with E-state index < -0.39 is 0 Å². The van der Waals surface area contributed by atoms with E-state index in [0.29, 0.717) is 12.5 Å². The number of amides is 2. The standard InChI is InChI=1S/C15H27N3O2/c1-10-6-4-7-11(13(10)16)14(19)18-9-5-8-12(18)15(20)17(2)3/h10-13H,4-9,16H2,1-3H3. The molecule has 0 bridgehead atoms. The fourth-order valence-corrected chi connectivity index (χ4v) is 3.53. The normalized spacial score (nSPS) is 34.1. The molecule has 1 saturated heterocycles. The van der Waals surface area contributed by atoms with Crippen molar-refractivity contribution in [3.63, 3.8) is 0 Å². The first-order valence-electron chi connectivity index (χ1n) is 7.70. The molecule has 0 radical (unpaired) electrons. The maximum Gasteiger partial charge on any atom is 0.244 e. The lowest BCUT2D eigenvalue weighted by atomic mass is 9.77. The van der Waals surface area contributed by atoms with Crippen LogP contribution in [0.15, 0.2) is 0 Å². The largest absolute Gasteiger partial charge is 0.347 e. The van der Waals surface area contributed by atoms with Gasteiger partial charge in [0.05, 0.1) is 5.92 Å². The van der Waals surface area contributed by atoms with E-state index in [1.54, 1.807) is 23.9 Å². The number of likely N-dealkylation sites (N-methyl/N-ethyl adjacent to an activating group) is 1. The van der Waals surface area contributed by atoms with Gasteiger partial charge >= 0.3 is 0 Å². The summed E-state index contributed by atoms with van der Waals surface area (Å²) >= 11 is 0. The molecule has 2 aliphatic rings. The van der Waals surface area contributed by atoms with Gasteiger partial charge in [0.1, 0.15) is 6.04 Å². The van der Waals surface area contributed by atoms with Crippen molar-refractivity contribution in [2.75, 3.05) is 20.6 Å². The molecule has 4 atom stereocenters. The molecule has 114 valence electrons. The molecule has 2 N–H and O–H groups in total. The van der Waals surface area contributed by atoms with E-state index in [1.807, 2.05) is 0 Å². The van der Waals surface area contributed by atoms with Crippen molar-refractivity contribution in [2.45, 2.75) is 51.1 Å². The highest BCUT2D eigenvalue weighted by Crippen LogP contribution is 2.31. The Labute approximate surface area is 121 Å². The number of carbonyl (C=O) groups is 2. The molecule has 5 heteroatoms. The zero-order chi connectivity index (χ0) is 14.9. The summed E-state index contributed by atoms with van der Waals surface area (Å²) in [7, 11) is 3.50. The molecule has 5 nitrogen and oxygen atoms in total. The van der Waals surface area contributed by atoms with Gasteiger partial charge in [0.2, 0.25) is 11.8 Å². The van der Waals surface area contributed by atoms with Gasteiger partial charge in [-0.2, -0.15) is 0 Å². The number of nitrogens with two attached hydrogens (primary N) is 1. The van der Waals surface area contributed by atoms with Crippen molar-refractivity contribution in [3.8, 4) is 0 Å². The van der Waals surface area contributed by atoms with Gasteiger partial charge in [-0.25, -0.2) is 0 Å². The predicted molar refractivity (Wildman–Crippen MR) is 77.9 cm³/mol. The summed E-state index contributed by atoms with van der Waals surface area (Å²) in [5, 5.41) is 0. The summed E-state index contributed by atoms with van der Waals surface area (Å²) in [5.74, 6) is 0.424. The van der Waals surface area contributed by atoms with Gasteiger partial charge in [-0.1, -0.05) is 13.3 Å². The Kier molecular flexibility index (Phi) is 4.68. The van der Waals surface area contributed by atoms with E-state index in [0.717, 1.165) is 32.1 Å². The van der Waals surface area contributed by atoms with Crippen LogP contribution in [-0.4, -0.2) is 54.3 Å². The minimum atomic E-state index is -0.276. The van der Waals surface area contributed by atoms with Crippen molar-refractivity contribution in [1.82, 2.24) is 9.80 Å². The van der Waals surface area contributed by atoms with Gasteiger partial charge in [-0.3, -0.25) is 9.59 Å². The molecule has 1 aliphatic heterocycles. The predicted octanol–water partition coefficient (Wildman–Crippen LogP) is 0.829. The lowest BCUT2D eigenvalue weighted by Gasteiger charge is -2.37. The molecule has 4 unspecified atom stereocenters. The van der Waals surface area contributed by atoms with Gasteiger partial charge in [0.25, 0.3) is 0 Å². The summed E-state index contributed by atoms with van der Waals surface area (Å²) in [6, 6.07) is -0.339. The van der Waals surface area contributed by atoms with Crippen LogP contribution in [0.3, 0.4) is 0 Å². The van der Waals surface area contributed by atoms with Gasteiger partial charge in [-0.15, -0.1) is 0 Å². The number of carbonyl (C=O) groups excluding carboxylic acids is 2. The molecule has 1 saturated carbocycles. The molecule has 1 heterocycles. The van der Waals surface area contributed by atoms with Crippen molar-refractivity contribution in [1.29, 1.82) is 0 Å². The number of likely N-dealkylation sites (tertiary alicyclic amines) is 1. The molecule has 2 amide bonds. The van der Waals surface area contributed by atoms with E-state index in [1.165, 1.54) is 0 Å². The van der Waals surface area contributed by atoms with Crippen LogP contribution >= 0.6 is 0 Å². The first-order valence-corrected chi connectivity index (χ1v) is 7.70. The average Bonchev–Trinajstić information content (AvgIpc) is 2.89. The quantitative estimate of drug-likeness (QED) is 0.815. The van der Waals surface area contributed by atoms with Crippen LogP contribution in [0.4, 0.5) is 0 Å². The molecule has 20 heavy (non-hydrogen) atoms. The number of hydrogen-bond donors (Lipinski definition) is 1. The molecule has 0 spiro atoms.